The van der Waals surface area contributed by atoms with E-state index in [1.807, 2.05) is 23.9 Å². The van der Waals surface area contributed by atoms with Gasteiger partial charge in [-0.25, -0.2) is 4.39 Å². The van der Waals surface area contributed by atoms with Crippen molar-refractivity contribution in [1.29, 1.82) is 0 Å². The topological polar surface area (TPSA) is 15.6 Å². The zero-order valence-electron chi connectivity index (χ0n) is 12.4. The van der Waals surface area contributed by atoms with Crippen molar-refractivity contribution in [3.05, 3.63) is 58.8 Å². The summed E-state index contributed by atoms with van der Waals surface area (Å²) < 4.78 is 13.8. The second-order valence-electron chi connectivity index (χ2n) is 6.08. The van der Waals surface area contributed by atoms with Crippen molar-refractivity contribution in [2.24, 2.45) is 10.9 Å². The van der Waals surface area contributed by atoms with Crippen LogP contribution in [0, 0.1) is 5.92 Å². The summed E-state index contributed by atoms with van der Waals surface area (Å²) in [6.07, 6.45) is 6.23. The van der Waals surface area contributed by atoms with Crippen LogP contribution in [0.2, 0.25) is 0 Å². The molecule has 0 bridgehead atoms. The minimum Gasteiger partial charge on any atom is -0.295 e. The lowest BCUT2D eigenvalue weighted by molar-refractivity contribution is 0.167. The monoisotopic (exact) mass is 314 g/mol. The normalized spacial score (nSPS) is 31.0. The van der Waals surface area contributed by atoms with Gasteiger partial charge >= 0.3 is 0 Å². The van der Waals surface area contributed by atoms with Gasteiger partial charge in [-0.1, -0.05) is 30.3 Å². The summed E-state index contributed by atoms with van der Waals surface area (Å²) in [4.78, 5) is 8.38. The average molecular weight is 314 g/mol. The van der Waals surface area contributed by atoms with Gasteiger partial charge in [-0.3, -0.25) is 9.89 Å². The number of thioether (sulfide) groups is 1. The first-order valence-electron chi connectivity index (χ1n) is 7.82. The van der Waals surface area contributed by atoms with Crippen LogP contribution in [0.3, 0.4) is 0 Å². The highest BCUT2D eigenvalue weighted by atomic mass is 32.2. The van der Waals surface area contributed by atoms with Crippen LogP contribution in [-0.4, -0.2) is 35.5 Å². The van der Waals surface area contributed by atoms with Crippen LogP contribution in [0.15, 0.2) is 58.2 Å². The molecule has 0 radical (unpaired) electrons. The number of hydrogen-bond acceptors (Lipinski definition) is 3. The molecule has 0 saturated carbocycles. The molecule has 1 aromatic carbocycles. The van der Waals surface area contributed by atoms with E-state index >= 15 is 0 Å². The largest absolute Gasteiger partial charge is 0.295 e. The van der Waals surface area contributed by atoms with Crippen molar-refractivity contribution in [2.45, 2.75) is 24.3 Å². The van der Waals surface area contributed by atoms with Gasteiger partial charge in [0.2, 0.25) is 0 Å². The van der Waals surface area contributed by atoms with Crippen LogP contribution in [0.5, 0.6) is 0 Å². The maximum atomic E-state index is 13.8. The van der Waals surface area contributed by atoms with Crippen molar-refractivity contribution < 1.29 is 4.39 Å². The second kappa shape index (κ2) is 6.01. The van der Waals surface area contributed by atoms with Gasteiger partial charge < -0.3 is 0 Å². The Hall–Kier alpha value is -1.39. The molecule has 22 heavy (non-hydrogen) atoms. The van der Waals surface area contributed by atoms with Crippen LogP contribution in [0.4, 0.5) is 4.39 Å². The first-order chi connectivity index (χ1) is 10.8. The minimum atomic E-state index is 0.0100. The Morgan fingerprint density at radius 1 is 1.23 bits per heavy atom. The molecular formula is C18H19FN2S. The highest BCUT2D eigenvalue weighted by Gasteiger charge is 2.44. The smallest absolute Gasteiger partial charge is 0.101 e. The van der Waals surface area contributed by atoms with Crippen LogP contribution in [-0.2, 0) is 6.54 Å². The minimum absolute atomic E-state index is 0.0100. The third kappa shape index (κ3) is 2.66. The molecule has 1 saturated heterocycles. The Bertz CT molecular complexity index is 638. The molecule has 0 N–H and O–H groups in total. The quantitative estimate of drug-likeness (QED) is 0.825. The molecule has 1 aliphatic carbocycles. The average Bonchev–Trinajstić information content (AvgIpc) is 2.77. The number of hydrogen-bond donors (Lipinski definition) is 0. The van der Waals surface area contributed by atoms with Crippen molar-refractivity contribution in [2.75, 3.05) is 13.1 Å². The summed E-state index contributed by atoms with van der Waals surface area (Å²) in [5.41, 5.74) is 1.32. The van der Waals surface area contributed by atoms with E-state index < -0.39 is 0 Å². The Morgan fingerprint density at radius 2 is 2.09 bits per heavy atom. The first kappa shape index (κ1) is 14.2. The van der Waals surface area contributed by atoms with Gasteiger partial charge in [0.15, 0.2) is 0 Å². The van der Waals surface area contributed by atoms with Gasteiger partial charge in [0.25, 0.3) is 0 Å². The summed E-state index contributed by atoms with van der Waals surface area (Å²) in [6, 6.07) is 10.9. The predicted octanol–water partition coefficient (Wildman–Crippen LogP) is 3.81. The molecule has 3 unspecified atom stereocenters. The van der Waals surface area contributed by atoms with Gasteiger partial charge in [-0.15, -0.1) is 11.8 Å². The van der Waals surface area contributed by atoms with E-state index in [4.69, 9.17) is 0 Å². The zero-order valence-corrected chi connectivity index (χ0v) is 13.2. The highest BCUT2D eigenvalue weighted by Crippen LogP contribution is 2.49. The second-order valence-corrected chi connectivity index (χ2v) is 7.33. The molecule has 3 aliphatic rings. The fourth-order valence-electron chi connectivity index (χ4n) is 3.64. The lowest BCUT2D eigenvalue weighted by Crippen LogP contribution is -2.44. The Balaban J connectivity index is 1.62. The maximum absolute atomic E-state index is 13.8. The fraction of sp³-hybridized carbons (Fsp3) is 0.389. The summed E-state index contributed by atoms with van der Waals surface area (Å²) >= 11 is 1.87. The number of rotatable bonds is 2. The number of benzene rings is 1. The predicted molar refractivity (Wildman–Crippen MR) is 90.8 cm³/mol. The molecule has 3 atom stereocenters. The highest BCUT2D eigenvalue weighted by molar-refractivity contribution is 8.04. The number of nitrogens with zero attached hydrogens (tertiary/aromatic N) is 2. The number of allylic oxidation sites excluding steroid dienone is 3. The molecule has 2 heterocycles. The van der Waals surface area contributed by atoms with Crippen molar-refractivity contribution in [1.82, 2.24) is 4.90 Å². The van der Waals surface area contributed by atoms with E-state index in [1.54, 1.807) is 6.08 Å². The first-order valence-corrected chi connectivity index (χ1v) is 8.70. The van der Waals surface area contributed by atoms with Crippen LogP contribution in [0.25, 0.3) is 0 Å². The van der Waals surface area contributed by atoms with Crippen molar-refractivity contribution in [3.63, 3.8) is 0 Å². The standard InChI is InChI=1S/C18H19FN2S/c19-14-6-7-16-15(10-14)18-17(22-16)11-20-8-9-21(18)12-13-4-2-1-3-5-13/h1-7,11,15,17-18H,8-10,12H2. The molecule has 2 aliphatic heterocycles. The molecule has 0 amide bonds. The lowest BCUT2D eigenvalue weighted by Gasteiger charge is -2.33. The van der Waals surface area contributed by atoms with Gasteiger partial charge in [0, 0.05) is 37.7 Å². The molecule has 1 fully saturated rings. The van der Waals surface area contributed by atoms with E-state index in [0.717, 1.165) is 19.6 Å². The molecule has 0 spiro atoms. The SMILES string of the molecule is FC1=CC=C2SC3C=NCCN(Cc4ccccc4)C3C2C1. The molecule has 4 rings (SSSR count). The molecule has 0 aromatic heterocycles. The van der Waals surface area contributed by atoms with E-state index in [2.05, 4.69) is 40.4 Å². The Morgan fingerprint density at radius 3 is 2.95 bits per heavy atom. The van der Waals surface area contributed by atoms with Crippen molar-refractivity contribution in [3.8, 4) is 0 Å². The van der Waals surface area contributed by atoms with Gasteiger partial charge in [0.05, 0.1) is 11.8 Å². The lowest BCUT2D eigenvalue weighted by atomic mass is 9.89. The Kier molecular flexibility index (Phi) is 3.89. The molecule has 1 aromatic rings. The summed E-state index contributed by atoms with van der Waals surface area (Å²) in [6.45, 7) is 2.70. The summed E-state index contributed by atoms with van der Waals surface area (Å²) in [5.74, 6) is 0.295. The van der Waals surface area contributed by atoms with Crippen LogP contribution < -0.4 is 0 Å². The molecular weight excluding hydrogens is 295 g/mol. The maximum Gasteiger partial charge on any atom is 0.101 e. The number of aliphatic imine (C=N–C) groups is 1. The van der Waals surface area contributed by atoms with E-state index in [-0.39, 0.29) is 11.7 Å². The van der Waals surface area contributed by atoms with E-state index in [0.29, 0.717) is 17.7 Å². The summed E-state index contributed by atoms with van der Waals surface area (Å²) in [5, 5.41) is 0.349. The van der Waals surface area contributed by atoms with Crippen LogP contribution in [0.1, 0.15) is 12.0 Å². The van der Waals surface area contributed by atoms with Gasteiger partial charge in [0.1, 0.15) is 5.83 Å². The van der Waals surface area contributed by atoms with E-state index in [9.17, 15) is 4.39 Å². The molecule has 4 heteroatoms. The number of halogens is 1. The van der Waals surface area contributed by atoms with Crippen LogP contribution >= 0.6 is 11.8 Å². The summed E-state index contributed by atoms with van der Waals surface area (Å²) in [7, 11) is 0. The Labute approximate surface area is 134 Å². The third-order valence-corrected chi connectivity index (χ3v) is 6.03. The number of fused-ring (bicyclic) bond motifs is 3. The fourth-order valence-corrected chi connectivity index (χ4v) is 5.15. The molecule has 114 valence electrons. The zero-order chi connectivity index (χ0) is 14.9. The van der Waals surface area contributed by atoms with E-state index in [1.165, 1.54) is 10.5 Å². The third-order valence-electron chi connectivity index (χ3n) is 4.65. The van der Waals surface area contributed by atoms with Gasteiger partial charge in [-0.2, -0.15) is 0 Å². The molecule has 2 nitrogen and oxygen atoms in total. The van der Waals surface area contributed by atoms with Gasteiger partial charge in [-0.05, 0) is 22.6 Å². The van der Waals surface area contributed by atoms with Crippen molar-refractivity contribution >= 4 is 18.0 Å².